The lowest BCUT2D eigenvalue weighted by atomic mass is 10.3. The van der Waals surface area contributed by atoms with E-state index in [0.29, 0.717) is 18.3 Å². The first-order chi connectivity index (χ1) is 12.1. The fourth-order valence-electron chi connectivity index (χ4n) is 2.53. The molecule has 1 aromatic carbocycles. The summed E-state index contributed by atoms with van der Waals surface area (Å²) in [5.41, 5.74) is 0.694. The minimum Gasteiger partial charge on any atom is -0.346 e. The van der Waals surface area contributed by atoms with Crippen LogP contribution in [0.15, 0.2) is 46.3 Å². The van der Waals surface area contributed by atoms with Crippen LogP contribution in [0.1, 0.15) is 17.7 Å². The molecular weight excluding hydrogens is 402 g/mol. The highest BCUT2D eigenvalue weighted by Gasteiger charge is 2.30. The van der Waals surface area contributed by atoms with Crippen molar-refractivity contribution >= 4 is 44.8 Å². The van der Waals surface area contributed by atoms with Crippen molar-refractivity contribution in [2.75, 3.05) is 18.4 Å². The Bertz CT molecular complexity index is 732. The van der Waals surface area contributed by atoms with Gasteiger partial charge in [0.2, 0.25) is 11.8 Å². The minimum absolute atomic E-state index is 0.0301. The number of amides is 2. The van der Waals surface area contributed by atoms with Gasteiger partial charge in [-0.3, -0.25) is 14.5 Å². The highest BCUT2D eigenvalue weighted by Crippen LogP contribution is 2.28. The predicted molar refractivity (Wildman–Crippen MR) is 104 cm³/mol. The number of thiophene rings is 1. The maximum Gasteiger partial charge on any atom is 0.243 e. The summed E-state index contributed by atoms with van der Waals surface area (Å²) in [4.78, 5) is 27.6. The zero-order chi connectivity index (χ0) is 17.6. The molecule has 1 heterocycles. The molecule has 2 amide bonds. The smallest absolute Gasteiger partial charge is 0.243 e. The summed E-state index contributed by atoms with van der Waals surface area (Å²) in [6.45, 7) is 1.08. The molecule has 1 aliphatic carbocycles. The Morgan fingerprint density at radius 1 is 1.16 bits per heavy atom. The summed E-state index contributed by atoms with van der Waals surface area (Å²) in [6, 6.07) is 12.0. The van der Waals surface area contributed by atoms with E-state index in [9.17, 15) is 9.59 Å². The Kier molecular flexibility index (Phi) is 6.23. The highest BCUT2D eigenvalue weighted by atomic mass is 79.9. The molecule has 1 aromatic heterocycles. The number of rotatable bonds is 8. The van der Waals surface area contributed by atoms with Crippen LogP contribution in [0, 0.1) is 0 Å². The van der Waals surface area contributed by atoms with Gasteiger partial charge < -0.3 is 10.6 Å². The third-order valence-corrected chi connectivity index (χ3v) is 5.50. The number of nitrogens with zero attached hydrogens (tertiary/aromatic N) is 1. The molecule has 0 aliphatic heterocycles. The first kappa shape index (κ1) is 18.1. The third-order valence-electron chi connectivity index (χ3n) is 3.94. The van der Waals surface area contributed by atoms with Crippen LogP contribution in [-0.4, -0.2) is 35.8 Å². The molecule has 2 aromatic rings. The van der Waals surface area contributed by atoms with E-state index < -0.39 is 0 Å². The molecule has 1 aliphatic rings. The lowest BCUT2D eigenvalue weighted by Gasteiger charge is -2.20. The molecule has 1 fully saturated rings. The molecular formula is C18H20BrN3O2S. The second kappa shape index (κ2) is 8.60. The first-order valence-corrected chi connectivity index (χ1v) is 9.86. The zero-order valence-corrected chi connectivity index (χ0v) is 16.1. The van der Waals surface area contributed by atoms with Crippen LogP contribution in [-0.2, 0) is 16.1 Å². The molecule has 5 nitrogen and oxygen atoms in total. The molecule has 0 radical (unpaired) electrons. The van der Waals surface area contributed by atoms with Crippen molar-refractivity contribution in [2.45, 2.75) is 25.4 Å². The molecule has 2 N–H and O–H groups in total. The average Bonchev–Trinajstić information content (AvgIpc) is 3.32. The van der Waals surface area contributed by atoms with Crippen LogP contribution in [0.2, 0.25) is 0 Å². The van der Waals surface area contributed by atoms with Crippen LogP contribution in [0.3, 0.4) is 0 Å². The Balaban J connectivity index is 1.45. The van der Waals surface area contributed by atoms with Crippen molar-refractivity contribution < 1.29 is 9.59 Å². The minimum atomic E-state index is -0.239. The van der Waals surface area contributed by atoms with E-state index in [1.165, 1.54) is 4.88 Å². The number of para-hydroxylation sites is 1. The highest BCUT2D eigenvalue weighted by molar-refractivity contribution is 9.10. The van der Waals surface area contributed by atoms with Gasteiger partial charge in [-0.2, -0.15) is 0 Å². The Hall–Kier alpha value is -1.70. The molecule has 0 atom stereocenters. The van der Waals surface area contributed by atoms with Crippen molar-refractivity contribution in [1.29, 1.82) is 0 Å². The van der Waals surface area contributed by atoms with Crippen LogP contribution in [0.5, 0.6) is 0 Å². The predicted octanol–water partition coefficient (Wildman–Crippen LogP) is 3.23. The van der Waals surface area contributed by atoms with Gasteiger partial charge in [0.25, 0.3) is 0 Å². The molecule has 0 saturated heterocycles. The number of hydrogen-bond donors (Lipinski definition) is 2. The summed E-state index contributed by atoms with van der Waals surface area (Å²) in [5.74, 6) is -0.359. The number of anilines is 1. The number of benzene rings is 1. The van der Waals surface area contributed by atoms with Gasteiger partial charge in [-0.15, -0.1) is 11.3 Å². The second-order valence-electron chi connectivity index (χ2n) is 6.02. The summed E-state index contributed by atoms with van der Waals surface area (Å²) >= 11 is 5.08. The average molecular weight is 422 g/mol. The van der Waals surface area contributed by atoms with Crippen molar-refractivity contribution in [3.05, 3.63) is 51.1 Å². The van der Waals surface area contributed by atoms with Gasteiger partial charge >= 0.3 is 0 Å². The van der Waals surface area contributed by atoms with E-state index in [4.69, 9.17) is 0 Å². The number of hydrogen-bond acceptors (Lipinski definition) is 4. The topological polar surface area (TPSA) is 61.4 Å². The fraction of sp³-hybridized carbons (Fsp3) is 0.333. The van der Waals surface area contributed by atoms with Gasteiger partial charge in [0.05, 0.1) is 18.8 Å². The summed E-state index contributed by atoms with van der Waals surface area (Å²) in [7, 11) is 0. The standard InChI is InChI=1S/C18H20BrN3O2S/c19-15-5-1-2-6-16(15)21-17(23)10-20-18(24)12-22(13-7-8-13)11-14-4-3-9-25-14/h1-6,9,13H,7-8,10-12H2,(H,20,24)(H,21,23). The Morgan fingerprint density at radius 2 is 1.96 bits per heavy atom. The first-order valence-electron chi connectivity index (χ1n) is 8.19. The zero-order valence-electron chi connectivity index (χ0n) is 13.7. The number of carbonyl (C=O) groups excluding carboxylic acids is 2. The van der Waals surface area contributed by atoms with Crippen LogP contribution >= 0.6 is 27.3 Å². The molecule has 3 rings (SSSR count). The number of nitrogens with one attached hydrogen (secondary N) is 2. The summed E-state index contributed by atoms with van der Waals surface area (Å²) < 4.78 is 0.811. The van der Waals surface area contributed by atoms with Crippen LogP contribution in [0.4, 0.5) is 5.69 Å². The summed E-state index contributed by atoms with van der Waals surface area (Å²) in [5, 5.41) is 7.54. The quantitative estimate of drug-likeness (QED) is 0.687. The van der Waals surface area contributed by atoms with Gasteiger partial charge in [0, 0.05) is 21.9 Å². The van der Waals surface area contributed by atoms with E-state index in [0.717, 1.165) is 23.9 Å². The second-order valence-corrected chi connectivity index (χ2v) is 7.91. The van der Waals surface area contributed by atoms with Gasteiger partial charge in [0.1, 0.15) is 0 Å². The number of halogens is 1. The molecule has 0 bridgehead atoms. The van der Waals surface area contributed by atoms with E-state index >= 15 is 0 Å². The van der Waals surface area contributed by atoms with Crippen LogP contribution in [0.25, 0.3) is 0 Å². The maximum atomic E-state index is 12.2. The number of carbonyl (C=O) groups is 2. The Labute approximate surface area is 159 Å². The van der Waals surface area contributed by atoms with Crippen LogP contribution < -0.4 is 10.6 Å². The SMILES string of the molecule is O=C(CN(Cc1cccs1)C1CC1)NCC(=O)Nc1ccccc1Br. The van der Waals surface area contributed by atoms with Crippen molar-refractivity contribution in [3.8, 4) is 0 Å². The maximum absolute atomic E-state index is 12.2. The van der Waals surface area contributed by atoms with E-state index in [1.807, 2.05) is 29.6 Å². The lowest BCUT2D eigenvalue weighted by Crippen LogP contribution is -2.41. The van der Waals surface area contributed by atoms with E-state index in [2.05, 4.69) is 37.5 Å². The fourth-order valence-corrected chi connectivity index (χ4v) is 3.65. The largest absolute Gasteiger partial charge is 0.346 e. The lowest BCUT2D eigenvalue weighted by molar-refractivity contribution is -0.125. The van der Waals surface area contributed by atoms with Crippen molar-refractivity contribution in [3.63, 3.8) is 0 Å². The van der Waals surface area contributed by atoms with Gasteiger partial charge in [0.15, 0.2) is 0 Å². The van der Waals surface area contributed by atoms with E-state index in [1.54, 1.807) is 17.4 Å². The molecule has 0 spiro atoms. The molecule has 25 heavy (non-hydrogen) atoms. The Morgan fingerprint density at radius 3 is 2.64 bits per heavy atom. The molecule has 132 valence electrons. The van der Waals surface area contributed by atoms with Gasteiger partial charge in [-0.05, 0) is 52.4 Å². The molecule has 0 unspecified atom stereocenters. The summed E-state index contributed by atoms with van der Waals surface area (Å²) in [6.07, 6.45) is 2.28. The van der Waals surface area contributed by atoms with Crippen molar-refractivity contribution in [1.82, 2.24) is 10.2 Å². The molecule has 1 saturated carbocycles. The van der Waals surface area contributed by atoms with Gasteiger partial charge in [-0.1, -0.05) is 18.2 Å². The third kappa shape index (κ3) is 5.66. The normalized spacial score (nSPS) is 13.7. The monoisotopic (exact) mass is 421 g/mol. The van der Waals surface area contributed by atoms with Crippen molar-refractivity contribution in [2.24, 2.45) is 0 Å². The molecule has 7 heteroatoms. The van der Waals surface area contributed by atoms with E-state index in [-0.39, 0.29) is 18.4 Å². The van der Waals surface area contributed by atoms with Gasteiger partial charge in [-0.25, -0.2) is 0 Å².